The highest BCUT2D eigenvalue weighted by Gasteiger charge is 2.42. The van der Waals surface area contributed by atoms with Gasteiger partial charge in [0.25, 0.3) is 5.91 Å². The fraction of sp³-hybridized carbons (Fsp3) is 0.550. The SMILES string of the molecule is CCC1CN(C(=O)c2ccc3c(C)c(-c4cc5ccc(N6CCC(OC)CC6)cc5n4CC4CC4)oc3c2)C(C)[C@@H]1NC(=O)OC(C)(C)C. The summed E-state index contributed by atoms with van der Waals surface area (Å²) in [5.41, 5.74) is 5.39. The summed E-state index contributed by atoms with van der Waals surface area (Å²) >= 11 is 0. The second-order valence-corrected chi connectivity index (χ2v) is 15.6. The lowest BCUT2D eigenvalue weighted by Gasteiger charge is -2.33. The van der Waals surface area contributed by atoms with Crippen LogP contribution in [0.5, 0.6) is 0 Å². The first-order chi connectivity index (χ1) is 23.4. The maximum Gasteiger partial charge on any atom is 0.407 e. The molecule has 2 unspecified atom stereocenters. The Hall–Kier alpha value is -3.98. The van der Waals surface area contributed by atoms with E-state index in [1.807, 2.05) is 57.9 Å². The van der Waals surface area contributed by atoms with Gasteiger partial charge in [-0.1, -0.05) is 19.1 Å². The number of likely N-dealkylation sites (tertiary alicyclic amines) is 1. The van der Waals surface area contributed by atoms with E-state index < -0.39 is 11.7 Å². The molecule has 3 atom stereocenters. The molecule has 0 spiro atoms. The minimum Gasteiger partial charge on any atom is -0.454 e. The van der Waals surface area contributed by atoms with Gasteiger partial charge in [-0.15, -0.1) is 0 Å². The Morgan fingerprint density at radius 1 is 1.02 bits per heavy atom. The summed E-state index contributed by atoms with van der Waals surface area (Å²) in [6.07, 6.45) is 5.36. The number of nitrogens with one attached hydrogen (secondary N) is 1. The lowest BCUT2D eigenvalue weighted by Crippen LogP contribution is -2.48. The van der Waals surface area contributed by atoms with Gasteiger partial charge in [-0.2, -0.15) is 0 Å². The van der Waals surface area contributed by atoms with E-state index in [2.05, 4.69) is 52.9 Å². The van der Waals surface area contributed by atoms with Gasteiger partial charge in [-0.3, -0.25) is 4.79 Å². The molecular weight excluding hydrogens is 616 g/mol. The number of rotatable bonds is 8. The van der Waals surface area contributed by atoms with Gasteiger partial charge in [0.05, 0.1) is 23.4 Å². The number of hydrogen-bond acceptors (Lipinski definition) is 6. The van der Waals surface area contributed by atoms with Crippen molar-refractivity contribution in [2.75, 3.05) is 31.6 Å². The van der Waals surface area contributed by atoms with Crippen molar-refractivity contribution in [1.29, 1.82) is 0 Å². The van der Waals surface area contributed by atoms with Crippen molar-refractivity contribution in [2.45, 2.75) is 104 Å². The number of fused-ring (bicyclic) bond motifs is 2. The zero-order chi connectivity index (χ0) is 34.6. The van der Waals surface area contributed by atoms with Crippen LogP contribution >= 0.6 is 0 Å². The van der Waals surface area contributed by atoms with Crippen LogP contribution in [0.4, 0.5) is 10.5 Å². The van der Waals surface area contributed by atoms with Crippen LogP contribution in [-0.2, 0) is 16.0 Å². The number of benzene rings is 2. The molecule has 7 rings (SSSR count). The van der Waals surface area contributed by atoms with Gasteiger partial charge in [0.15, 0.2) is 5.76 Å². The molecule has 2 aromatic heterocycles. The number of carbonyl (C=O) groups excluding carboxylic acids is 2. The molecule has 4 aromatic rings. The van der Waals surface area contributed by atoms with Crippen molar-refractivity contribution < 1.29 is 23.5 Å². The third-order valence-corrected chi connectivity index (χ3v) is 11.0. The number of hydrogen-bond donors (Lipinski definition) is 1. The van der Waals surface area contributed by atoms with Crippen LogP contribution in [-0.4, -0.2) is 72.0 Å². The Bertz CT molecular complexity index is 1860. The summed E-state index contributed by atoms with van der Waals surface area (Å²) in [4.78, 5) is 31.0. The van der Waals surface area contributed by atoms with Gasteiger partial charge in [0, 0.05) is 66.9 Å². The number of aromatic nitrogens is 1. The number of nitrogens with zero attached hydrogens (tertiary/aromatic N) is 3. The minimum absolute atomic E-state index is 0.0538. The number of amides is 2. The van der Waals surface area contributed by atoms with Gasteiger partial charge in [0.2, 0.25) is 0 Å². The molecule has 2 aromatic carbocycles. The van der Waals surface area contributed by atoms with Gasteiger partial charge in [-0.25, -0.2) is 4.79 Å². The normalized spacial score (nSPS) is 22.0. The average molecular weight is 669 g/mol. The van der Waals surface area contributed by atoms with E-state index in [1.165, 1.54) is 29.4 Å². The zero-order valence-corrected chi connectivity index (χ0v) is 30.2. The Balaban J connectivity index is 1.17. The van der Waals surface area contributed by atoms with Crippen molar-refractivity contribution in [3.05, 3.63) is 53.6 Å². The maximum atomic E-state index is 14.0. The standard InChI is InChI=1S/C40H52N4O5/c1-8-27-23-43(25(3)36(27)41-39(46)49-40(4,5)6)38(45)29-12-14-32-24(2)37(48-35(32)20-29)34-19-28-11-13-30(42-17-15-31(47-7)16-18-42)21-33(28)44(34)22-26-9-10-26/h11-14,19-21,25-27,31,36H,8-10,15-18,22-23H2,1-7H3,(H,41,46)/t25?,27?,36-/m0/s1. The van der Waals surface area contributed by atoms with Crippen molar-refractivity contribution in [2.24, 2.45) is 11.8 Å². The maximum absolute atomic E-state index is 14.0. The first-order valence-electron chi connectivity index (χ1n) is 18.2. The van der Waals surface area contributed by atoms with Gasteiger partial charge in [0.1, 0.15) is 11.2 Å². The van der Waals surface area contributed by atoms with E-state index >= 15 is 0 Å². The molecule has 2 amide bonds. The van der Waals surface area contributed by atoms with Crippen LogP contribution in [0.1, 0.15) is 82.6 Å². The average Bonchev–Trinajstić information content (AvgIpc) is 3.65. The molecule has 1 N–H and O–H groups in total. The predicted molar refractivity (Wildman–Crippen MR) is 194 cm³/mol. The van der Waals surface area contributed by atoms with Crippen LogP contribution < -0.4 is 10.2 Å². The number of carbonyl (C=O) groups is 2. The fourth-order valence-electron chi connectivity index (χ4n) is 7.95. The summed E-state index contributed by atoms with van der Waals surface area (Å²) < 4.78 is 20.3. The number of aryl methyl sites for hydroxylation is 1. The number of anilines is 1. The lowest BCUT2D eigenvalue weighted by molar-refractivity contribution is 0.0476. The molecule has 1 saturated carbocycles. The summed E-state index contributed by atoms with van der Waals surface area (Å²) in [5.74, 6) is 1.63. The van der Waals surface area contributed by atoms with E-state index in [-0.39, 0.29) is 23.9 Å². The van der Waals surface area contributed by atoms with Crippen molar-refractivity contribution >= 4 is 39.6 Å². The smallest absolute Gasteiger partial charge is 0.407 e. The number of alkyl carbamates (subject to hydrolysis) is 1. The summed E-state index contributed by atoms with van der Waals surface area (Å²) in [6, 6.07) is 14.6. The Labute approximate surface area is 289 Å². The fourth-order valence-corrected chi connectivity index (χ4v) is 7.95. The van der Waals surface area contributed by atoms with Crippen molar-refractivity contribution in [3.63, 3.8) is 0 Å². The second kappa shape index (κ2) is 13.0. The topological polar surface area (TPSA) is 89.2 Å². The van der Waals surface area contributed by atoms with Crippen LogP contribution in [0.15, 0.2) is 46.9 Å². The molecule has 9 nitrogen and oxygen atoms in total. The second-order valence-electron chi connectivity index (χ2n) is 15.6. The highest BCUT2D eigenvalue weighted by molar-refractivity contribution is 6.00. The molecular formula is C40H52N4O5. The molecule has 3 aliphatic rings. The molecule has 2 aliphatic heterocycles. The molecule has 4 heterocycles. The van der Waals surface area contributed by atoms with Gasteiger partial charge in [-0.05, 0) is 109 Å². The molecule has 3 fully saturated rings. The number of piperidine rings is 1. The van der Waals surface area contributed by atoms with Crippen LogP contribution in [0.2, 0.25) is 0 Å². The quantitative estimate of drug-likeness (QED) is 0.204. The van der Waals surface area contributed by atoms with Crippen LogP contribution in [0.3, 0.4) is 0 Å². The summed E-state index contributed by atoms with van der Waals surface area (Å²) in [7, 11) is 1.82. The molecule has 0 bridgehead atoms. The number of ether oxygens (including phenoxy) is 2. The van der Waals surface area contributed by atoms with Crippen LogP contribution in [0, 0.1) is 18.8 Å². The van der Waals surface area contributed by atoms with E-state index in [4.69, 9.17) is 13.9 Å². The number of furan rings is 1. The first kappa shape index (κ1) is 33.5. The summed E-state index contributed by atoms with van der Waals surface area (Å²) in [5, 5.41) is 5.29. The zero-order valence-electron chi connectivity index (χ0n) is 30.2. The van der Waals surface area contributed by atoms with E-state index in [9.17, 15) is 9.59 Å². The Morgan fingerprint density at radius 3 is 2.45 bits per heavy atom. The van der Waals surface area contributed by atoms with Gasteiger partial charge >= 0.3 is 6.09 Å². The monoisotopic (exact) mass is 668 g/mol. The predicted octanol–water partition coefficient (Wildman–Crippen LogP) is 8.15. The summed E-state index contributed by atoms with van der Waals surface area (Å²) in [6.45, 7) is 15.3. The molecule has 2 saturated heterocycles. The molecule has 1 aliphatic carbocycles. The molecule has 0 radical (unpaired) electrons. The molecule has 9 heteroatoms. The highest BCUT2D eigenvalue weighted by atomic mass is 16.6. The van der Waals surface area contributed by atoms with E-state index in [1.54, 1.807) is 0 Å². The number of methoxy groups -OCH3 is 1. The van der Waals surface area contributed by atoms with Crippen molar-refractivity contribution in [1.82, 2.24) is 14.8 Å². The van der Waals surface area contributed by atoms with Gasteiger partial charge < -0.3 is 33.6 Å². The van der Waals surface area contributed by atoms with E-state index in [0.29, 0.717) is 29.7 Å². The largest absolute Gasteiger partial charge is 0.454 e. The minimum atomic E-state index is -0.588. The Morgan fingerprint density at radius 2 is 1.78 bits per heavy atom. The third kappa shape index (κ3) is 6.66. The van der Waals surface area contributed by atoms with Crippen LogP contribution in [0.25, 0.3) is 33.3 Å². The Kier molecular flexibility index (Phi) is 8.92. The lowest BCUT2D eigenvalue weighted by atomic mass is 9.97. The van der Waals surface area contributed by atoms with E-state index in [0.717, 1.165) is 61.3 Å². The highest BCUT2D eigenvalue weighted by Crippen LogP contribution is 2.41. The molecule has 49 heavy (non-hydrogen) atoms. The molecule has 262 valence electrons. The third-order valence-electron chi connectivity index (χ3n) is 11.0. The first-order valence-corrected chi connectivity index (χ1v) is 18.2. The van der Waals surface area contributed by atoms with Crippen molar-refractivity contribution in [3.8, 4) is 11.5 Å².